The molecule has 3 aromatic carbocycles. The molecule has 5 nitrogen and oxygen atoms in total. The van der Waals surface area contributed by atoms with Crippen LogP contribution in [0, 0.1) is 0 Å². The minimum absolute atomic E-state index is 0.120. The molecule has 156 valence electrons. The fourth-order valence-electron chi connectivity index (χ4n) is 4.87. The molecule has 6 heteroatoms. The average Bonchev–Trinajstić information content (AvgIpc) is 3.29. The van der Waals surface area contributed by atoms with Crippen molar-refractivity contribution in [3.05, 3.63) is 96.3 Å². The quantitative estimate of drug-likeness (QED) is 0.399. The van der Waals surface area contributed by atoms with Crippen LogP contribution in [0.25, 0.3) is 23.2 Å². The van der Waals surface area contributed by atoms with Crippen molar-refractivity contribution in [1.82, 2.24) is 19.6 Å². The third kappa shape index (κ3) is 2.98. The first-order valence-corrected chi connectivity index (χ1v) is 11.2. The summed E-state index contributed by atoms with van der Waals surface area (Å²) in [6.45, 7) is 0.120. The molecule has 0 saturated carbocycles. The molecule has 2 aliphatic rings. The first kappa shape index (κ1) is 18.4. The summed E-state index contributed by atoms with van der Waals surface area (Å²) in [5.41, 5.74) is 6.68. The summed E-state index contributed by atoms with van der Waals surface area (Å²) in [5.74, 6) is 2.99. The molecule has 0 radical (unpaired) electrons. The van der Waals surface area contributed by atoms with Crippen molar-refractivity contribution in [1.29, 1.82) is 0 Å². The Morgan fingerprint density at radius 3 is 2.64 bits per heavy atom. The third-order valence-electron chi connectivity index (χ3n) is 6.46. The molecule has 7 rings (SSSR count). The summed E-state index contributed by atoms with van der Waals surface area (Å²) in [4.78, 5) is 9.41. The van der Waals surface area contributed by atoms with Crippen molar-refractivity contribution in [2.24, 2.45) is 0 Å². The zero-order chi connectivity index (χ0) is 21.8. The largest absolute Gasteiger partial charge is 0.458 e. The first-order chi connectivity index (χ1) is 16.3. The van der Waals surface area contributed by atoms with Gasteiger partial charge in [0, 0.05) is 11.8 Å². The second-order valence-electron chi connectivity index (χ2n) is 8.51. The van der Waals surface area contributed by atoms with E-state index >= 15 is 0 Å². The van der Waals surface area contributed by atoms with Crippen LogP contribution in [0.5, 0.6) is 11.5 Å². The second kappa shape index (κ2) is 7.17. The molecule has 0 fully saturated rings. The summed E-state index contributed by atoms with van der Waals surface area (Å²) in [6, 6.07) is 25.1. The van der Waals surface area contributed by atoms with Crippen LogP contribution in [-0.4, -0.2) is 26.3 Å². The molecule has 0 saturated heterocycles. The molecular formula is C27H19BN4O. The van der Waals surface area contributed by atoms with Gasteiger partial charge in [-0.25, -0.2) is 9.50 Å². The van der Waals surface area contributed by atoms with Crippen LogP contribution in [0.3, 0.4) is 0 Å². The smallest absolute Gasteiger partial charge is 0.253 e. The molecule has 0 atom stereocenters. The van der Waals surface area contributed by atoms with E-state index in [2.05, 4.69) is 72.8 Å². The molecule has 0 spiro atoms. The van der Waals surface area contributed by atoms with Crippen LogP contribution in [0.15, 0.2) is 85.1 Å². The lowest BCUT2D eigenvalue weighted by Gasteiger charge is -2.26. The Labute approximate surface area is 191 Å². The van der Waals surface area contributed by atoms with Crippen LogP contribution in [0.4, 0.5) is 0 Å². The van der Waals surface area contributed by atoms with Crippen LogP contribution >= 0.6 is 0 Å². The molecule has 5 aromatic rings. The van der Waals surface area contributed by atoms with Gasteiger partial charge in [0.15, 0.2) is 5.82 Å². The van der Waals surface area contributed by atoms with Gasteiger partial charge in [0.05, 0.1) is 5.69 Å². The molecule has 1 aliphatic carbocycles. The monoisotopic (exact) mass is 426 g/mol. The number of aromatic nitrogens is 4. The van der Waals surface area contributed by atoms with E-state index in [4.69, 9.17) is 19.8 Å². The van der Waals surface area contributed by atoms with Gasteiger partial charge in [0.2, 0.25) is 0 Å². The van der Waals surface area contributed by atoms with Gasteiger partial charge in [-0.1, -0.05) is 72.2 Å². The SMILES string of the molecule is C1=Cc2nc3nc(-c4ccc5c(c4)Oc4ccccc4B5c4ccccc4)nn3cc2CC1. The molecule has 0 bridgehead atoms. The highest BCUT2D eigenvalue weighted by Gasteiger charge is 2.32. The van der Waals surface area contributed by atoms with Crippen LogP contribution in [0.2, 0.25) is 0 Å². The summed E-state index contributed by atoms with van der Waals surface area (Å²) < 4.78 is 8.15. The Morgan fingerprint density at radius 1 is 0.848 bits per heavy atom. The number of nitrogens with zero attached hydrogens (tertiary/aromatic N) is 4. The lowest BCUT2D eigenvalue weighted by Crippen LogP contribution is -2.54. The highest BCUT2D eigenvalue weighted by Crippen LogP contribution is 2.28. The Bertz CT molecular complexity index is 1560. The highest BCUT2D eigenvalue weighted by molar-refractivity contribution is 6.96. The van der Waals surface area contributed by atoms with E-state index in [0.29, 0.717) is 11.6 Å². The Kier molecular flexibility index (Phi) is 4.00. The highest BCUT2D eigenvalue weighted by atomic mass is 16.5. The number of rotatable bonds is 2. The number of hydrogen-bond donors (Lipinski definition) is 0. The predicted octanol–water partition coefficient (Wildman–Crippen LogP) is 3.37. The van der Waals surface area contributed by atoms with Gasteiger partial charge in [-0.3, -0.25) is 0 Å². The fourth-order valence-corrected chi connectivity index (χ4v) is 4.87. The predicted molar refractivity (Wildman–Crippen MR) is 131 cm³/mol. The van der Waals surface area contributed by atoms with Gasteiger partial charge in [0.25, 0.3) is 12.5 Å². The van der Waals surface area contributed by atoms with Crippen molar-refractivity contribution < 1.29 is 4.74 Å². The summed E-state index contributed by atoms with van der Waals surface area (Å²) in [7, 11) is 0. The fraction of sp³-hybridized carbons (Fsp3) is 0.0741. The number of allylic oxidation sites excluding steroid dienone is 1. The molecular weight excluding hydrogens is 407 g/mol. The number of ether oxygens (including phenoxy) is 1. The molecule has 2 aromatic heterocycles. The molecule has 0 amide bonds. The van der Waals surface area contributed by atoms with E-state index < -0.39 is 0 Å². The van der Waals surface area contributed by atoms with Crippen molar-refractivity contribution >= 4 is 35.0 Å². The zero-order valence-corrected chi connectivity index (χ0v) is 17.8. The number of fused-ring (bicyclic) bond motifs is 4. The first-order valence-electron chi connectivity index (χ1n) is 11.2. The maximum absolute atomic E-state index is 6.36. The van der Waals surface area contributed by atoms with E-state index in [0.717, 1.165) is 41.1 Å². The minimum atomic E-state index is 0.120. The maximum Gasteiger partial charge on any atom is 0.253 e. The van der Waals surface area contributed by atoms with Crippen LogP contribution < -0.4 is 21.1 Å². The van der Waals surface area contributed by atoms with Gasteiger partial charge in [-0.15, -0.1) is 5.10 Å². The number of para-hydroxylation sites is 1. The normalized spacial score (nSPS) is 13.9. The van der Waals surface area contributed by atoms with Crippen molar-refractivity contribution in [3.63, 3.8) is 0 Å². The second-order valence-corrected chi connectivity index (χ2v) is 8.51. The molecule has 0 N–H and O–H groups in total. The summed E-state index contributed by atoms with van der Waals surface area (Å²) in [5, 5.41) is 4.72. The lowest BCUT2D eigenvalue weighted by atomic mass is 9.36. The average molecular weight is 426 g/mol. The minimum Gasteiger partial charge on any atom is -0.458 e. The van der Waals surface area contributed by atoms with Crippen molar-refractivity contribution in [2.45, 2.75) is 12.8 Å². The number of aryl methyl sites for hydroxylation is 1. The van der Waals surface area contributed by atoms with Crippen LogP contribution in [0.1, 0.15) is 17.7 Å². The Hall–Kier alpha value is -4.19. The molecule has 3 heterocycles. The van der Waals surface area contributed by atoms with E-state index in [1.165, 1.54) is 16.5 Å². The Balaban J connectivity index is 1.35. The Morgan fingerprint density at radius 2 is 1.70 bits per heavy atom. The maximum atomic E-state index is 6.36. The van der Waals surface area contributed by atoms with E-state index in [1.54, 1.807) is 4.52 Å². The topological polar surface area (TPSA) is 52.3 Å². The molecule has 1 aliphatic heterocycles. The lowest BCUT2D eigenvalue weighted by molar-refractivity contribution is 0.487. The number of hydrogen-bond acceptors (Lipinski definition) is 4. The molecule has 0 unspecified atom stereocenters. The zero-order valence-electron chi connectivity index (χ0n) is 17.8. The van der Waals surface area contributed by atoms with Gasteiger partial charge >= 0.3 is 0 Å². The van der Waals surface area contributed by atoms with Gasteiger partial charge in [-0.05, 0) is 47.5 Å². The van der Waals surface area contributed by atoms with Gasteiger partial charge < -0.3 is 4.74 Å². The standard InChI is InChI=1S/C27H19BN4O/c1-2-9-20(10-3-1)28-21-11-5-7-13-24(21)33-25-16-18(14-15-22(25)28)26-30-27-29-23-12-6-4-8-19(23)17-32(27)31-26/h1-3,5-7,9-17H,4,8H2. The summed E-state index contributed by atoms with van der Waals surface area (Å²) >= 11 is 0. The number of benzene rings is 3. The van der Waals surface area contributed by atoms with Crippen molar-refractivity contribution in [2.75, 3.05) is 0 Å². The van der Waals surface area contributed by atoms with E-state index in [9.17, 15) is 0 Å². The van der Waals surface area contributed by atoms with Gasteiger partial charge in [0.1, 0.15) is 11.5 Å². The van der Waals surface area contributed by atoms with E-state index in [-0.39, 0.29) is 6.71 Å². The summed E-state index contributed by atoms with van der Waals surface area (Å²) in [6.07, 6.45) is 8.30. The van der Waals surface area contributed by atoms with Crippen LogP contribution in [-0.2, 0) is 6.42 Å². The van der Waals surface area contributed by atoms with Crippen molar-refractivity contribution in [3.8, 4) is 22.9 Å². The third-order valence-corrected chi connectivity index (χ3v) is 6.46. The van der Waals surface area contributed by atoms with E-state index in [1.807, 2.05) is 18.3 Å². The van der Waals surface area contributed by atoms with Gasteiger partial charge in [-0.2, -0.15) is 4.98 Å². The molecule has 33 heavy (non-hydrogen) atoms.